The summed E-state index contributed by atoms with van der Waals surface area (Å²) < 4.78 is 9.99. The summed E-state index contributed by atoms with van der Waals surface area (Å²) in [7, 11) is 0. The highest BCUT2D eigenvalue weighted by atomic mass is 16.6. The molecule has 1 rings (SSSR count). The van der Waals surface area contributed by atoms with E-state index < -0.39 is 30.3 Å². The van der Waals surface area contributed by atoms with Crippen LogP contribution in [0.4, 0.5) is 0 Å². The maximum Gasteiger partial charge on any atom is 0.330 e. The molecule has 6 nitrogen and oxygen atoms in total. The molecular weight excluding hydrogens is 264 g/mol. The van der Waals surface area contributed by atoms with Gasteiger partial charge in [0.25, 0.3) is 0 Å². The number of rotatable bonds is 0. The van der Waals surface area contributed by atoms with Crippen LogP contribution < -0.4 is 0 Å². The van der Waals surface area contributed by atoms with Gasteiger partial charge in [-0.05, 0) is 38.8 Å². The van der Waals surface area contributed by atoms with Crippen LogP contribution in [-0.2, 0) is 19.1 Å². The number of hydrogen-bond donors (Lipinski definition) is 2. The molecule has 0 saturated heterocycles. The van der Waals surface area contributed by atoms with E-state index in [1.165, 1.54) is 19.1 Å². The molecule has 1 heterocycles. The summed E-state index contributed by atoms with van der Waals surface area (Å²) in [6, 6.07) is 0. The molecular formula is C14H20O6. The molecule has 2 N–H and O–H groups in total. The van der Waals surface area contributed by atoms with E-state index in [9.17, 15) is 19.8 Å². The van der Waals surface area contributed by atoms with E-state index in [4.69, 9.17) is 9.47 Å². The van der Waals surface area contributed by atoms with Crippen LogP contribution >= 0.6 is 0 Å². The normalized spacial score (nSPS) is 33.2. The lowest BCUT2D eigenvalue weighted by Crippen LogP contribution is -2.27. The van der Waals surface area contributed by atoms with Crippen LogP contribution in [0.3, 0.4) is 0 Å². The fourth-order valence-corrected chi connectivity index (χ4v) is 1.61. The molecule has 20 heavy (non-hydrogen) atoms. The monoisotopic (exact) mass is 284 g/mol. The van der Waals surface area contributed by atoms with Gasteiger partial charge in [-0.1, -0.05) is 0 Å². The van der Waals surface area contributed by atoms with Crippen molar-refractivity contribution in [1.82, 2.24) is 0 Å². The summed E-state index contributed by atoms with van der Waals surface area (Å²) in [5.41, 5.74) is 0. The average Bonchev–Trinajstić information content (AvgIpc) is 2.39. The highest BCUT2D eigenvalue weighted by molar-refractivity contribution is 5.83. The van der Waals surface area contributed by atoms with Gasteiger partial charge in [-0.25, -0.2) is 9.59 Å². The third-order valence-corrected chi connectivity index (χ3v) is 2.85. The minimum atomic E-state index is -1.11. The molecule has 4 unspecified atom stereocenters. The number of cyclic esters (lactones) is 2. The number of carbonyl (C=O) groups excluding carboxylic acids is 2. The van der Waals surface area contributed by atoms with Gasteiger partial charge in [-0.3, -0.25) is 0 Å². The standard InChI is InChI=1S/C14H20O6/c1-9-3-4-11(15)5-7-14(18)20-10(2)12(16)6-8-13(17)19-9/h5-12,15-16H,3-4H2,1-2H3. The molecule has 0 spiro atoms. The van der Waals surface area contributed by atoms with Crippen molar-refractivity contribution in [2.24, 2.45) is 0 Å². The SMILES string of the molecule is CC1CCC(O)C=CC(=O)OC(C)C(O)C=CC(=O)O1. The molecule has 0 saturated carbocycles. The maximum atomic E-state index is 11.5. The first-order valence-electron chi connectivity index (χ1n) is 6.52. The molecule has 0 amide bonds. The second-order valence-corrected chi connectivity index (χ2v) is 4.74. The Hall–Kier alpha value is -1.66. The summed E-state index contributed by atoms with van der Waals surface area (Å²) in [5.74, 6) is -1.24. The second kappa shape index (κ2) is 7.81. The Balaban J connectivity index is 2.79. The Morgan fingerprint density at radius 3 is 2.30 bits per heavy atom. The first-order chi connectivity index (χ1) is 9.38. The molecule has 0 fully saturated rings. The van der Waals surface area contributed by atoms with E-state index in [-0.39, 0.29) is 6.10 Å². The summed E-state index contributed by atoms with van der Waals surface area (Å²) in [4.78, 5) is 22.9. The molecule has 0 aliphatic carbocycles. The smallest absolute Gasteiger partial charge is 0.330 e. The lowest BCUT2D eigenvalue weighted by molar-refractivity contribution is -0.146. The van der Waals surface area contributed by atoms with E-state index >= 15 is 0 Å². The fourth-order valence-electron chi connectivity index (χ4n) is 1.61. The van der Waals surface area contributed by atoms with Gasteiger partial charge in [0.1, 0.15) is 12.2 Å². The Kier molecular flexibility index (Phi) is 6.41. The number of aliphatic hydroxyl groups excluding tert-OH is 2. The molecule has 6 heteroatoms. The van der Waals surface area contributed by atoms with Gasteiger partial charge in [0, 0.05) is 12.2 Å². The van der Waals surface area contributed by atoms with Crippen molar-refractivity contribution in [3.8, 4) is 0 Å². The van der Waals surface area contributed by atoms with Gasteiger partial charge in [0.05, 0.1) is 12.2 Å². The Morgan fingerprint density at radius 2 is 1.60 bits per heavy atom. The van der Waals surface area contributed by atoms with Crippen LogP contribution in [0.5, 0.6) is 0 Å². The van der Waals surface area contributed by atoms with Crippen LogP contribution in [0.1, 0.15) is 26.7 Å². The van der Waals surface area contributed by atoms with Gasteiger partial charge in [0.15, 0.2) is 0 Å². The Labute approximate surface area is 117 Å². The van der Waals surface area contributed by atoms with Gasteiger partial charge in [0.2, 0.25) is 0 Å². The van der Waals surface area contributed by atoms with Crippen molar-refractivity contribution in [2.45, 2.75) is 51.1 Å². The highest BCUT2D eigenvalue weighted by Crippen LogP contribution is 2.09. The zero-order chi connectivity index (χ0) is 15.1. The average molecular weight is 284 g/mol. The molecule has 0 bridgehead atoms. The van der Waals surface area contributed by atoms with Crippen LogP contribution in [0.25, 0.3) is 0 Å². The molecule has 4 atom stereocenters. The minimum Gasteiger partial charge on any atom is -0.460 e. The van der Waals surface area contributed by atoms with E-state index in [1.807, 2.05) is 0 Å². The first-order valence-corrected chi connectivity index (χ1v) is 6.52. The highest BCUT2D eigenvalue weighted by Gasteiger charge is 2.17. The number of ether oxygens (including phenoxy) is 2. The van der Waals surface area contributed by atoms with Gasteiger partial charge >= 0.3 is 11.9 Å². The van der Waals surface area contributed by atoms with Gasteiger partial charge in [-0.2, -0.15) is 0 Å². The number of aliphatic hydroxyl groups is 2. The van der Waals surface area contributed by atoms with Crippen LogP contribution in [-0.4, -0.2) is 46.6 Å². The number of esters is 2. The second-order valence-electron chi connectivity index (χ2n) is 4.74. The van der Waals surface area contributed by atoms with Crippen molar-refractivity contribution in [3.05, 3.63) is 24.3 Å². The molecule has 1 aliphatic rings. The van der Waals surface area contributed by atoms with E-state index in [0.717, 1.165) is 12.2 Å². The summed E-state index contributed by atoms with van der Waals surface area (Å²) >= 11 is 0. The molecule has 1 aliphatic heterocycles. The van der Waals surface area contributed by atoms with Crippen molar-refractivity contribution in [2.75, 3.05) is 0 Å². The number of hydrogen-bond acceptors (Lipinski definition) is 6. The van der Waals surface area contributed by atoms with Crippen molar-refractivity contribution in [1.29, 1.82) is 0 Å². The summed E-state index contributed by atoms with van der Waals surface area (Å²) in [6.45, 7) is 3.21. The minimum absolute atomic E-state index is 0.361. The van der Waals surface area contributed by atoms with Crippen LogP contribution in [0.2, 0.25) is 0 Å². The van der Waals surface area contributed by atoms with Gasteiger partial charge < -0.3 is 19.7 Å². The number of carbonyl (C=O) groups is 2. The molecule has 0 aromatic heterocycles. The predicted molar refractivity (Wildman–Crippen MR) is 70.6 cm³/mol. The van der Waals surface area contributed by atoms with E-state index in [1.54, 1.807) is 6.92 Å². The third kappa shape index (κ3) is 5.99. The zero-order valence-corrected chi connectivity index (χ0v) is 11.6. The lowest BCUT2D eigenvalue weighted by atomic mass is 10.1. The first kappa shape index (κ1) is 16.4. The fraction of sp³-hybridized carbons (Fsp3) is 0.571. The molecule has 0 aromatic carbocycles. The van der Waals surface area contributed by atoms with Crippen LogP contribution in [0, 0.1) is 0 Å². The van der Waals surface area contributed by atoms with Crippen molar-refractivity contribution >= 4 is 11.9 Å². The van der Waals surface area contributed by atoms with E-state index in [0.29, 0.717) is 12.8 Å². The maximum absolute atomic E-state index is 11.5. The summed E-state index contributed by atoms with van der Waals surface area (Å²) in [6.07, 6.45) is 2.48. The predicted octanol–water partition coefficient (Wildman–Crippen LogP) is 0.478. The quantitative estimate of drug-likeness (QED) is 0.628. The van der Waals surface area contributed by atoms with Crippen molar-refractivity contribution in [3.63, 3.8) is 0 Å². The largest absolute Gasteiger partial charge is 0.460 e. The zero-order valence-electron chi connectivity index (χ0n) is 11.6. The summed E-state index contributed by atoms with van der Waals surface area (Å²) in [5, 5.41) is 19.3. The lowest BCUT2D eigenvalue weighted by Gasteiger charge is -2.17. The molecule has 0 aromatic rings. The Bertz CT molecular complexity index is 400. The van der Waals surface area contributed by atoms with Crippen LogP contribution in [0.15, 0.2) is 24.3 Å². The van der Waals surface area contributed by atoms with Crippen molar-refractivity contribution < 1.29 is 29.3 Å². The Morgan fingerprint density at radius 1 is 1.00 bits per heavy atom. The molecule has 0 radical (unpaired) electrons. The van der Waals surface area contributed by atoms with E-state index in [2.05, 4.69) is 0 Å². The topological polar surface area (TPSA) is 93.1 Å². The third-order valence-electron chi connectivity index (χ3n) is 2.85. The molecule has 112 valence electrons. The van der Waals surface area contributed by atoms with Gasteiger partial charge in [-0.15, -0.1) is 0 Å².